The van der Waals surface area contributed by atoms with E-state index >= 15 is 0 Å². The number of hydrogen-bond donors (Lipinski definition) is 2. The molecule has 0 spiro atoms. The van der Waals surface area contributed by atoms with Gasteiger partial charge in [-0.15, -0.1) is 0 Å². The summed E-state index contributed by atoms with van der Waals surface area (Å²) in [4.78, 5) is 12.2. The van der Waals surface area contributed by atoms with Crippen LogP contribution in [-0.4, -0.2) is 17.1 Å². The van der Waals surface area contributed by atoms with Gasteiger partial charge in [-0.25, -0.2) is 0 Å². The van der Waals surface area contributed by atoms with Crippen molar-refractivity contribution in [3.05, 3.63) is 29.3 Å². The number of carbonyl (C=O) groups is 1. The molecule has 98 valence electrons. The van der Waals surface area contributed by atoms with Crippen molar-refractivity contribution in [2.75, 3.05) is 0 Å². The van der Waals surface area contributed by atoms with Crippen molar-refractivity contribution in [2.45, 2.75) is 45.6 Å². The highest BCUT2D eigenvalue weighted by atomic mass is 16.3. The largest absolute Gasteiger partial charge is 0.508 e. The van der Waals surface area contributed by atoms with Gasteiger partial charge in [0.1, 0.15) is 5.75 Å². The Morgan fingerprint density at radius 2 is 2.22 bits per heavy atom. The first kappa shape index (κ1) is 12.9. The predicted molar refractivity (Wildman–Crippen MR) is 71.7 cm³/mol. The molecule has 1 aliphatic carbocycles. The Morgan fingerprint density at radius 1 is 1.50 bits per heavy atom. The van der Waals surface area contributed by atoms with E-state index in [0.717, 1.165) is 24.3 Å². The highest BCUT2D eigenvalue weighted by molar-refractivity contribution is 5.95. The van der Waals surface area contributed by atoms with Crippen molar-refractivity contribution in [1.29, 1.82) is 0 Å². The Morgan fingerprint density at radius 3 is 2.78 bits per heavy atom. The second kappa shape index (κ2) is 5.42. The first-order chi connectivity index (χ1) is 8.60. The SMILES string of the molecule is CCC(CC1CC1)NC(=O)c1ccc(O)cc1C. The number of nitrogens with one attached hydrogen (secondary N) is 1. The molecule has 18 heavy (non-hydrogen) atoms. The first-order valence-corrected chi connectivity index (χ1v) is 6.70. The van der Waals surface area contributed by atoms with E-state index < -0.39 is 0 Å². The normalized spacial score (nSPS) is 16.3. The molecule has 0 aliphatic heterocycles. The van der Waals surface area contributed by atoms with Crippen molar-refractivity contribution < 1.29 is 9.90 Å². The molecule has 2 rings (SSSR count). The minimum absolute atomic E-state index is 0.0278. The van der Waals surface area contributed by atoms with Crippen molar-refractivity contribution >= 4 is 5.91 Å². The van der Waals surface area contributed by atoms with E-state index in [1.54, 1.807) is 18.2 Å². The molecular formula is C15H21NO2. The molecule has 1 unspecified atom stereocenters. The highest BCUT2D eigenvalue weighted by Crippen LogP contribution is 2.34. The molecule has 1 atom stereocenters. The van der Waals surface area contributed by atoms with Crippen LogP contribution in [0, 0.1) is 12.8 Å². The number of carbonyl (C=O) groups excluding carboxylic acids is 1. The van der Waals surface area contributed by atoms with Crippen LogP contribution < -0.4 is 5.32 Å². The van der Waals surface area contributed by atoms with Gasteiger partial charge in [0.05, 0.1) is 0 Å². The van der Waals surface area contributed by atoms with Gasteiger partial charge < -0.3 is 10.4 Å². The van der Waals surface area contributed by atoms with Crippen LogP contribution in [0.2, 0.25) is 0 Å². The molecule has 0 saturated heterocycles. The van der Waals surface area contributed by atoms with Crippen LogP contribution in [0.15, 0.2) is 18.2 Å². The summed E-state index contributed by atoms with van der Waals surface area (Å²) in [7, 11) is 0. The van der Waals surface area contributed by atoms with Gasteiger partial charge in [0, 0.05) is 11.6 Å². The van der Waals surface area contributed by atoms with Gasteiger partial charge >= 0.3 is 0 Å². The lowest BCUT2D eigenvalue weighted by Gasteiger charge is -2.17. The van der Waals surface area contributed by atoms with Crippen LogP contribution in [0.3, 0.4) is 0 Å². The fourth-order valence-corrected chi connectivity index (χ4v) is 2.25. The second-order valence-electron chi connectivity index (χ2n) is 5.26. The van der Waals surface area contributed by atoms with Gasteiger partial charge in [0.2, 0.25) is 0 Å². The van der Waals surface area contributed by atoms with Gasteiger partial charge in [0.15, 0.2) is 0 Å². The van der Waals surface area contributed by atoms with Crippen molar-refractivity contribution in [3.8, 4) is 5.75 Å². The lowest BCUT2D eigenvalue weighted by Crippen LogP contribution is -2.35. The molecule has 0 bridgehead atoms. The molecule has 0 heterocycles. The Hall–Kier alpha value is -1.51. The zero-order valence-electron chi connectivity index (χ0n) is 11.1. The molecule has 2 N–H and O–H groups in total. The molecule has 1 fully saturated rings. The summed E-state index contributed by atoms with van der Waals surface area (Å²) in [6, 6.07) is 5.14. The van der Waals surface area contributed by atoms with Gasteiger partial charge in [-0.2, -0.15) is 0 Å². The van der Waals surface area contributed by atoms with Crippen LogP contribution in [0.5, 0.6) is 5.75 Å². The molecule has 1 saturated carbocycles. The Balaban J connectivity index is 2.00. The maximum atomic E-state index is 12.2. The molecule has 0 radical (unpaired) electrons. The molecule has 3 heteroatoms. The summed E-state index contributed by atoms with van der Waals surface area (Å²) in [5.74, 6) is 0.991. The molecule has 3 nitrogen and oxygen atoms in total. The van der Waals surface area contributed by atoms with E-state index in [1.165, 1.54) is 12.8 Å². The number of amides is 1. The molecular weight excluding hydrogens is 226 g/mol. The summed E-state index contributed by atoms with van der Waals surface area (Å²) in [5, 5.41) is 12.4. The van der Waals surface area contributed by atoms with Gasteiger partial charge in [-0.05, 0) is 49.4 Å². The first-order valence-electron chi connectivity index (χ1n) is 6.70. The van der Waals surface area contributed by atoms with Crippen molar-refractivity contribution in [2.24, 2.45) is 5.92 Å². The lowest BCUT2D eigenvalue weighted by molar-refractivity contribution is 0.0932. The monoisotopic (exact) mass is 247 g/mol. The third kappa shape index (κ3) is 3.25. The lowest BCUT2D eigenvalue weighted by atomic mass is 10.0. The van der Waals surface area contributed by atoms with Crippen LogP contribution in [0.25, 0.3) is 0 Å². The number of aryl methyl sites for hydroxylation is 1. The minimum Gasteiger partial charge on any atom is -0.508 e. The van der Waals surface area contributed by atoms with Crippen molar-refractivity contribution in [3.63, 3.8) is 0 Å². The number of rotatable bonds is 5. The average Bonchev–Trinajstić information content (AvgIpc) is 3.11. The number of phenols is 1. The summed E-state index contributed by atoms with van der Waals surface area (Å²) in [6.07, 6.45) is 4.69. The maximum absolute atomic E-state index is 12.2. The fourth-order valence-electron chi connectivity index (χ4n) is 2.25. The molecule has 1 aliphatic rings. The highest BCUT2D eigenvalue weighted by Gasteiger charge is 2.25. The van der Waals surface area contributed by atoms with E-state index in [2.05, 4.69) is 12.2 Å². The van der Waals surface area contributed by atoms with E-state index in [0.29, 0.717) is 5.56 Å². The molecule has 1 amide bonds. The van der Waals surface area contributed by atoms with Crippen LogP contribution in [0.4, 0.5) is 0 Å². The number of aromatic hydroxyl groups is 1. The second-order valence-corrected chi connectivity index (χ2v) is 5.26. The third-order valence-electron chi connectivity index (χ3n) is 3.60. The Labute approximate surface area is 108 Å². The quantitative estimate of drug-likeness (QED) is 0.840. The Bertz CT molecular complexity index is 438. The standard InChI is InChI=1S/C15H21NO2/c1-3-12(9-11-4-5-11)16-15(18)14-7-6-13(17)8-10(14)2/h6-8,11-12,17H,3-5,9H2,1-2H3,(H,16,18). The zero-order valence-corrected chi connectivity index (χ0v) is 11.1. The number of hydrogen-bond acceptors (Lipinski definition) is 2. The fraction of sp³-hybridized carbons (Fsp3) is 0.533. The molecule has 1 aromatic rings. The predicted octanol–water partition coefficient (Wildman–Crippen LogP) is 3.01. The number of benzene rings is 1. The van der Waals surface area contributed by atoms with Gasteiger partial charge in [-0.3, -0.25) is 4.79 Å². The van der Waals surface area contributed by atoms with Gasteiger partial charge in [0.25, 0.3) is 5.91 Å². The van der Waals surface area contributed by atoms with Crippen LogP contribution in [0.1, 0.15) is 48.5 Å². The zero-order chi connectivity index (χ0) is 13.1. The van der Waals surface area contributed by atoms with E-state index in [-0.39, 0.29) is 17.7 Å². The van der Waals surface area contributed by atoms with Crippen LogP contribution in [-0.2, 0) is 0 Å². The molecule has 0 aromatic heterocycles. The third-order valence-corrected chi connectivity index (χ3v) is 3.60. The minimum atomic E-state index is -0.0278. The van der Waals surface area contributed by atoms with Crippen LogP contribution >= 0.6 is 0 Å². The summed E-state index contributed by atoms with van der Waals surface area (Å²) < 4.78 is 0. The van der Waals surface area contributed by atoms with E-state index in [9.17, 15) is 9.90 Å². The summed E-state index contributed by atoms with van der Waals surface area (Å²) in [6.45, 7) is 3.95. The smallest absolute Gasteiger partial charge is 0.251 e. The number of phenolic OH excluding ortho intramolecular Hbond substituents is 1. The molecule has 1 aromatic carbocycles. The van der Waals surface area contributed by atoms with Crippen molar-refractivity contribution in [1.82, 2.24) is 5.32 Å². The Kier molecular flexibility index (Phi) is 3.90. The average molecular weight is 247 g/mol. The summed E-state index contributed by atoms with van der Waals surface area (Å²) in [5.41, 5.74) is 1.47. The maximum Gasteiger partial charge on any atom is 0.251 e. The summed E-state index contributed by atoms with van der Waals surface area (Å²) >= 11 is 0. The van der Waals surface area contributed by atoms with E-state index in [4.69, 9.17) is 0 Å². The van der Waals surface area contributed by atoms with Gasteiger partial charge in [-0.1, -0.05) is 19.8 Å². The van der Waals surface area contributed by atoms with E-state index in [1.807, 2.05) is 6.92 Å². The topological polar surface area (TPSA) is 49.3 Å².